The van der Waals surface area contributed by atoms with Gasteiger partial charge in [-0.2, -0.15) is 4.31 Å². The van der Waals surface area contributed by atoms with Crippen molar-refractivity contribution in [3.63, 3.8) is 0 Å². The maximum Gasteiger partial charge on any atom is 0.489 e. The van der Waals surface area contributed by atoms with Gasteiger partial charge in [0.05, 0.1) is 4.90 Å². The highest BCUT2D eigenvalue weighted by Gasteiger charge is 2.33. The lowest BCUT2D eigenvalue weighted by Gasteiger charge is -2.35. The summed E-state index contributed by atoms with van der Waals surface area (Å²) in [6.07, 6.45) is -0.457. The highest BCUT2D eigenvalue weighted by atomic mass is 32.2. The highest BCUT2D eigenvalue weighted by molar-refractivity contribution is 7.89. The molecule has 0 radical (unpaired) electrons. The summed E-state index contributed by atoms with van der Waals surface area (Å²) in [7, 11) is -5.52. The molecule has 0 spiro atoms. The van der Waals surface area contributed by atoms with Crippen LogP contribution in [0.1, 0.15) is 20.8 Å². The van der Waals surface area contributed by atoms with Gasteiger partial charge in [-0.15, -0.1) is 0 Å². The summed E-state index contributed by atoms with van der Waals surface area (Å²) in [5.41, 5.74) is -0.368. The maximum atomic E-state index is 13.3. The number of nitrogens with zero attached hydrogens (tertiary/aromatic N) is 2. The van der Waals surface area contributed by atoms with Crippen LogP contribution in [0.2, 0.25) is 0 Å². The van der Waals surface area contributed by atoms with Gasteiger partial charge >= 0.3 is 13.2 Å². The lowest BCUT2D eigenvalue weighted by Crippen LogP contribution is -2.51. The number of hydrogen-bond donors (Lipinski definition) is 2. The summed E-state index contributed by atoms with van der Waals surface area (Å²) in [6.45, 7) is 6.12. The van der Waals surface area contributed by atoms with Gasteiger partial charge in [0.15, 0.2) is 0 Å². The van der Waals surface area contributed by atoms with Crippen molar-refractivity contribution in [1.82, 2.24) is 9.21 Å². The molecule has 1 heterocycles. The van der Waals surface area contributed by atoms with E-state index in [-0.39, 0.29) is 36.5 Å². The molecule has 0 aromatic heterocycles. The molecule has 10 heteroatoms. The smallest absolute Gasteiger partial charge is 0.444 e. The summed E-state index contributed by atoms with van der Waals surface area (Å²) >= 11 is 0. The monoisotopic (exact) mass is 420 g/mol. The van der Waals surface area contributed by atoms with Gasteiger partial charge < -0.3 is 19.7 Å². The fourth-order valence-corrected chi connectivity index (χ4v) is 4.94. The van der Waals surface area contributed by atoms with Crippen LogP contribution in [0.25, 0.3) is 10.8 Å². The lowest BCUT2D eigenvalue weighted by molar-refractivity contribution is 0.0192. The Morgan fingerprint density at radius 3 is 2.14 bits per heavy atom. The van der Waals surface area contributed by atoms with Gasteiger partial charge in [-0.05, 0) is 37.7 Å². The summed E-state index contributed by atoms with van der Waals surface area (Å²) in [6, 6.07) is 9.53. The predicted octanol–water partition coefficient (Wildman–Crippen LogP) is 0.761. The molecule has 156 valence electrons. The number of sulfonamides is 1. The van der Waals surface area contributed by atoms with Crippen molar-refractivity contribution < 1.29 is 28.0 Å². The molecule has 8 nitrogen and oxygen atoms in total. The molecule has 1 fully saturated rings. The quantitative estimate of drug-likeness (QED) is 0.711. The van der Waals surface area contributed by atoms with E-state index < -0.39 is 28.8 Å². The number of amides is 1. The van der Waals surface area contributed by atoms with Crippen molar-refractivity contribution in [1.29, 1.82) is 0 Å². The minimum Gasteiger partial charge on any atom is -0.444 e. The molecule has 1 amide bonds. The number of hydrogen-bond acceptors (Lipinski definition) is 6. The number of rotatable bonds is 3. The minimum atomic E-state index is -3.82. The van der Waals surface area contributed by atoms with Crippen LogP contribution in [0, 0.1) is 0 Å². The molecule has 0 unspecified atom stereocenters. The zero-order chi connectivity index (χ0) is 21.4. The first-order valence-corrected chi connectivity index (χ1v) is 10.8. The Balaban J connectivity index is 1.85. The zero-order valence-electron chi connectivity index (χ0n) is 16.7. The van der Waals surface area contributed by atoms with E-state index in [9.17, 15) is 23.3 Å². The Kier molecular flexibility index (Phi) is 5.91. The van der Waals surface area contributed by atoms with Crippen LogP contribution in [0.4, 0.5) is 4.79 Å². The summed E-state index contributed by atoms with van der Waals surface area (Å²) in [5.74, 6) is 0. The van der Waals surface area contributed by atoms with Gasteiger partial charge in [0, 0.05) is 31.6 Å². The first-order chi connectivity index (χ1) is 13.5. The van der Waals surface area contributed by atoms with Gasteiger partial charge in [0.25, 0.3) is 0 Å². The third kappa shape index (κ3) is 4.56. The van der Waals surface area contributed by atoms with Crippen molar-refractivity contribution in [3.8, 4) is 0 Å². The van der Waals surface area contributed by atoms with E-state index in [2.05, 4.69) is 0 Å². The standard InChI is InChI=1S/C19H25BN2O6S/c1-19(2,3)28-18(23)21-10-12-22(13-11-21)29(26,27)17-9-8-16(20(24)25)14-6-4-5-7-15(14)17/h4-9,24-25H,10-13H2,1-3H3. The number of carbonyl (C=O) groups excluding carboxylic acids is 1. The van der Waals surface area contributed by atoms with E-state index in [0.717, 1.165) is 0 Å². The molecular formula is C19H25BN2O6S. The highest BCUT2D eigenvalue weighted by Crippen LogP contribution is 2.26. The molecule has 2 aromatic carbocycles. The van der Waals surface area contributed by atoms with Gasteiger partial charge in [-0.3, -0.25) is 0 Å². The van der Waals surface area contributed by atoms with E-state index in [1.54, 1.807) is 45.0 Å². The molecule has 1 saturated heterocycles. The molecular weight excluding hydrogens is 395 g/mol. The third-order valence-electron chi connectivity index (χ3n) is 4.70. The molecule has 0 atom stereocenters. The average Bonchev–Trinajstić information content (AvgIpc) is 2.65. The Hall–Kier alpha value is -2.14. The van der Waals surface area contributed by atoms with Crippen molar-refractivity contribution in [3.05, 3.63) is 36.4 Å². The fourth-order valence-electron chi connectivity index (χ4n) is 3.32. The molecule has 3 rings (SSSR count). The Morgan fingerprint density at radius 2 is 1.59 bits per heavy atom. The number of piperazine rings is 1. The third-order valence-corrected chi connectivity index (χ3v) is 6.66. The first-order valence-electron chi connectivity index (χ1n) is 9.36. The first kappa shape index (κ1) is 21.6. The predicted molar refractivity (Wildman–Crippen MR) is 110 cm³/mol. The van der Waals surface area contributed by atoms with Crippen LogP contribution in [0.5, 0.6) is 0 Å². The molecule has 2 N–H and O–H groups in total. The van der Waals surface area contributed by atoms with E-state index in [1.165, 1.54) is 21.3 Å². The molecule has 0 bridgehead atoms. The Labute approximate surface area is 170 Å². The van der Waals surface area contributed by atoms with E-state index in [1.807, 2.05) is 0 Å². The molecule has 1 aliphatic rings. The molecule has 0 saturated carbocycles. The van der Waals surface area contributed by atoms with Gasteiger partial charge in [-0.25, -0.2) is 13.2 Å². The Morgan fingerprint density at radius 1 is 1.00 bits per heavy atom. The van der Waals surface area contributed by atoms with E-state index in [4.69, 9.17) is 4.74 Å². The van der Waals surface area contributed by atoms with E-state index >= 15 is 0 Å². The molecule has 2 aromatic rings. The van der Waals surface area contributed by atoms with Crippen LogP contribution in [-0.4, -0.2) is 72.7 Å². The van der Waals surface area contributed by atoms with Crippen molar-refractivity contribution >= 4 is 39.5 Å². The maximum absolute atomic E-state index is 13.3. The summed E-state index contributed by atoms with van der Waals surface area (Å²) in [4.78, 5) is 13.8. The van der Waals surface area contributed by atoms with Crippen LogP contribution >= 0.6 is 0 Å². The largest absolute Gasteiger partial charge is 0.489 e. The van der Waals surface area contributed by atoms with E-state index in [0.29, 0.717) is 10.8 Å². The second-order valence-electron chi connectivity index (χ2n) is 7.94. The normalized spacial score (nSPS) is 16.1. The Bertz CT molecular complexity index is 1010. The second kappa shape index (κ2) is 7.94. The summed E-state index contributed by atoms with van der Waals surface area (Å²) in [5, 5.41) is 20.0. The molecule has 0 aliphatic carbocycles. The van der Waals surface area contributed by atoms with Crippen molar-refractivity contribution in [2.45, 2.75) is 31.3 Å². The fraction of sp³-hybridized carbons (Fsp3) is 0.421. The van der Waals surface area contributed by atoms with Gasteiger partial charge in [0.1, 0.15) is 5.60 Å². The summed E-state index contributed by atoms with van der Waals surface area (Å²) < 4.78 is 33.2. The number of benzene rings is 2. The van der Waals surface area contributed by atoms with Crippen molar-refractivity contribution in [2.75, 3.05) is 26.2 Å². The minimum absolute atomic E-state index is 0.100. The second-order valence-corrected chi connectivity index (χ2v) is 9.85. The number of ether oxygens (including phenoxy) is 1. The van der Waals surface area contributed by atoms with Crippen LogP contribution in [0.3, 0.4) is 0 Å². The number of fused-ring (bicyclic) bond motifs is 1. The van der Waals surface area contributed by atoms with Crippen LogP contribution < -0.4 is 5.46 Å². The van der Waals surface area contributed by atoms with Crippen LogP contribution in [-0.2, 0) is 14.8 Å². The zero-order valence-corrected chi connectivity index (χ0v) is 17.5. The number of carbonyl (C=O) groups is 1. The molecule has 1 aliphatic heterocycles. The van der Waals surface area contributed by atoms with Gasteiger partial charge in [0.2, 0.25) is 10.0 Å². The van der Waals surface area contributed by atoms with Crippen LogP contribution in [0.15, 0.2) is 41.3 Å². The topological polar surface area (TPSA) is 107 Å². The lowest BCUT2D eigenvalue weighted by atomic mass is 9.77. The SMILES string of the molecule is CC(C)(C)OC(=O)N1CCN(S(=O)(=O)c2ccc(B(O)O)c3ccccc23)CC1. The average molecular weight is 420 g/mol. The van der Waals surface area contributed by atoms with Crippen molar-refractivity contribution in [2.24, 2.45) is 0 Å². The van der Waals surface area contributed by atoms with Gasteiger partial charge in [-0.1, -0.05) is 30.3 Å². The molecule has 29 heavy (non-hydrogen) atoms.